The molecule has 3 aromatic rings. The number of hydrogen-bond donors (Lipinski definition) is 1. The van der Waals surface area contributed by atoms with E-state index >= 15 is 0 Å². The summed E-state index contributed by atoms with van der Waals surface area (Å²) < 4.78 is 0. The lowest BCUT2D eigenvalue weighted by atomic mass is 9.81. The van der Waals surface area contributed by atoms with Crippen molar-refractivity contribution in [2.24, 2.45) is 5.92 Å². The van der Waals surface area contributed by atoms with Gasteiger partial charge in [0.1, 0.15) is 0 Å². The number of hydrogen-bond acceptors (Lipinski definition) is 4. The van der Waals surface area contributed by atoms with E-state index in [-0.39, 0.29) is 17.6 Å². The smallest absolute Gasteiger partial charge is 0.258 e. The molecule has 204 valence electrons. The van der Waals surface area contributed by atoms with Gasteiger partial charge in [0.2, 0.25) is 0 Å². The second-order valence-corrected chi connectivity index (χ2v) is 11.3. The van der Waals surface area contributed by atoms with Gasteiger partial charge in [-0.2, -0.15) is 0 Å². The summed E-state index contributed by atoms with van der Waals surface area (Å²) in [5.74, 6) is 0.661. The number of allylic oxidation sites excluding steroid dienone is 2. The minimum atomic E-state index is -0.0393. The molecule has 2 heterocycles. The van der Waals surface area contributed by atoms with Crippen LogP contribution < -0.4 is 10.2 Å². The molecule has 2 fully saturated rings. The van der Waals surface area contributed by atoms with Crippen molar-refractivity contribution in [3.05, 3.63) is 107 Å². The summed E-state index contributed by atoms with van der Waals surface area (Å²) in [6.45, 7) is 0.660. The fraction of sp³-hybridized carbons (Fsp3) is 0.343. The Balaban J connectivity index is 1.45. The van der Waals surface area contributed by atoms with Crippen molar-refractivity contribution in [3.63, 3.8) is 0 Å². The zero-order chi connectivity index (χ0) is 27.5. The highest BCUT2D eigenvalue weighted by Gasteiger charge is 2.36. The van der Waals surface area contributed by atoms with E-state index in [2.05, 4.69) is 46.7 Å². The molecule has 0 radical (unpaired) electrons. The van der Waals surface area contributed by atoms with Gasteiger partial charge in [0.05, 0.1) is 0 Å². The van der Waals surface area contributed by atoms with Gasteiger partial charge < -0.3 is 10.2 Å². The Labute approximate surface area is 237 Å². The molecule has 1 unspecified atom stereocenters. The third-order valence-electron chi connectivity index (χ3n) is 8.52. The van der Waals surface area contributed by atoms with Crippen LogP contribution in [0, 0.1) is 5.92 Å². The van der Waals surface area contributed by atoms with Crippen molar-refractivity contribution in [2.45, 2.75) is 57.3 Å². The number of carbonyl (C=O) groups excluding carboxylic acids is 2. The Hall–Kier alpha value is -3.99. The second kappa shape index (κ2) is 11.6. The molecular formula is C35H37N3O2. The lowest BCUT2D eigenvalue weighted by Crippen LogP contribution is -2.33. The van der Waals surface area contributed by atoms with Crippen LogP contribution in [0.2, 0.25) is 0 Å². The largest absolute Gasteiger partial charge is 0.388 e. The van der Waals surface area contributed by atoms with Gasteiger partial charge in [0.25, 0.3) is 5.91 Å². The van der Waals surface area contributed by atoms with E-state index in [1.54, 1.807) is 12.3 Å². The molecular weight excluding hydrogens is 494 g/mol. The number of nitrogens with zero attached hydrogens (tertiary/aromatic N) is 2. The molecule has 1 aromatic heterocycles. The van der Waals surface area contributed by atoms with Crippen molar-refractivity contribution in [1.29, 1.82) is 0 Å². The summed E-state index contributed by atoms with van der Waals surface area (Å²) in [6, 6.07) is 20.8. The normalized spacial score (nSPS) is 19.6. The SMILES string of the molecule is CNc1cccc(C2=C3C(=O)N(c4ccccc4C4CC4)CCCC3=CC(=O)CC2CCCc2cccnc2)c1. The van der Waals surface area contributed by atoms with Gasteiger partial charge >= 0.3 is 0 Å². The van der Waals surface area contributed by atoms with Crippen molar-refractivity contribution < 1.29 is 9.59 Å². The summed E-state index contributed by atoms with van der Waals surface area (Å²) in [6.07, 6.45) is 12.5. The quantitative estimate of drug-likeness (QED) is 0.336. The van der Waals surface area contributed by atoms with Crippen LogP contribution in [-0.2, 0) is 16.0 Å². The van der Waals surface area contributed by atoms with Crippen LogP contribution in [0.5, 0.6) is 0 Å². The minimum absolute atomic E-state index is 0.0358. The van der Waals surface area contributed by atoms with Gasteiger partial charge in [-0.1, -0.05) is 36.4 Å². The van der Waals surface area contributed by atoms with Crippen LogP contribution in [0.15, 0.2) is 90.3 Å². The molecule has 40 heavy (non-hydrogen) atoms. The molecule has 5 nitrogen and oxygen atoms in total. The van der Waals surface area contributed by atoms with Gasteiger partial charge in [-0.3, -0.25) is 14.6 Å². The van der Waals surface area contributed by atoms with E-state index in [9.17, 15) is 9.59 Å². The van der Waals surface area contributed by atoms with Crippen LogP contribution in [0.25, 0.3) is 5.57 Å². The zero-order valence-corrected chi connectivity index (χ0v) is 23.2. The molecule has 2 aliphatic carbocycles. The monoisotopic (exact) mass is 531 g/mol. The van der Waals surface area contributed by atoms with Crippen LogP contribution in [-0.4, -0.2) is 30.3 Å². The van der Waals surface area contributed by atoms with E-state index < -0.39 is 0 Å². The molecule has 1 atom stereocenters. The zero-order valence-electron chi connectivity index (χ0n) is 23.2. The number of ketones is 1. The average molecular weight is 532 g/mol. The van der Waals surface area contributed by atoms with Crippen molar-refractivity contribution in [1.82, 2.24) is 4.98 Å². The first-order valence-corrected chi connectivity index (χ1v) is 14.7. The molecule has 1 saturated heterocycles. The second-order valence-electron chi connectivity index (χ2n) is 11.3. The van der Waals surface area contributed by atoms with E-state index in [4.69, 9.17) is 0 Å². The first-order chi connectivity index (χ1) is 19.6. The summed E-state index contributed by atoms with van der Waals surface area (Å²) in [7, 11) is 1.91. The van der Waals surface area contributed by atoms with E-state index in [1.807, 2.05) is 42.4 Å². The van der Waals surface area contributed by atoms with E-state index in [1.165, 1.54) is 24.0 Å². The lowest BCUT2D eigenvalue weighted by molar-refractivity contribution is -0.115. The molecule has 5 heteroatoms. The number of amides is 1. The summed E-state index contributed by atoms with van der Waals surface area (Å²) in [5, 5.41) is 3.26. The molecule has 1 amide bonds. The lowest BCUT2D eigenvalue weighted by Gasteiger charge is -2.27. The Morgan fingerprint density at radius 1 is 1.02 bits per heavy atom. The van der Waals surface area contributed by atoms with E-state index in [0.717, 1.165) is 65.8 Å². The standard InChI is InChI=1S/C35H37N3O2/c1-36-29-13-5-11-26(20-29)33-27(10-4-8-24-9-6-18-37-23-24)21-30(39)22-28-12-7-19-38(35(40)34(28)33)32-15-3-2-14-31(32)25-16-17-25/h2-3,5-6,9,11,13-15,18,20,22-23,25,27,36H,4,7-8,10,12,16-17,19,21H2,1H3. The number of pyridine rings is 1. The number of carbonyl (C=O) groups is 2. The highest BCUT2D eigenvalue weighted by atomic mass is 16.2. The number of rotatable bonds is 8. The van der Waals surface area contributed by atoms with Gasteiger partial charge in [0, 0.05) is 49.4 Å². The summed E-state index contributed by atoms with van der Waals surface area (Å²) >= 11 is 0. The van der Waals surface area contributed by atoms with Gasteiger partial charge in [-0.05, 0) is 115 Å². The van der Waals surface area contributed by atoms with Gasteiger partial charge in [-0.15, -0.1) is 0 Å². The predicted molar refractivity (Wildman–Crippen MR) is 161 cm³/mol. The van der Waals surface area contributed by atoms with Crippen molar-refractivity contribution in [3.8, 4) is 0 Å². The molecule has 0 bridgehead atoms. The average Bonchev–Trinajstić information content (AvgIpc) is 3.84. The number of aromatic nitrogens is 1. The topological polar surface area (TPSA) is 62.3 Å². The summed E-state index contributed by atoms with van der Waals surface area (Å²) in [4.78, 5) is 34.3. The fourth-order valence-electron chi connectivity index (χ4n) is 6.43. The van der Waals surface area contributed by atoms with Crippen LogP contribution in [0.3, 0.4) is 0 Å². The number of fused-ring (bicyclic) bond motifs is 1. The predicted octanol–water partition coefficient (Wildman–Crippen LogP) is 7.12. The number of benzene rings is 2. The molecule has 1 N–H and O–H groups in total. The Morgan fingerprint density at radius 3 is 2.70 bits per heavy atom. The van der Waals surface area contributed by atoms with Crippen molar-refractivity contribution in [2.75, 3.05) is 23.8 Å². The Kier molecular flexibility index (Phi) is 7.63. The van der Waals surface area contributed by atoms with Crippen molar-refractivity contribution >= 4 is 28.6 Å². The Morgan fingerprint density at radius 2 is 1.90 bits per heavy atom. The molecule has 0 spiro atoms. The number of para-hydroxylation sites is 1. The first kappa shape index (κ1) is 26.2. The Bertz CT molecular complexity index is 1470. The third kappa shape index (κ3) is 5.51. The molecule has 1 saturated carbocycles. The highest BCUT2D eigenvalue weighted by Crippen LogP contribution is 2.46. The molecule has 1 aliphatic heterocycles. The number of aryl methyl sites for hydroxylation is 1. The maximum Gasteiger partial charge on any atom is 0.258 e. The van der Waals surface area contributed by atoms with Crippen LogP contribution in [0.1, 0.15) is 67.6 Å². The number of nitrogens with one attached hydrogen (secondary N) is 1. The summed E-state index contributed by atoms with van der Waals surface area (Å²) in [5.41, 5.74) is 8.21. The fourth-order valence-corrected chi connectivity index (χ4v) is 6.43. The molecule has 3 aliphatic rings. The molecule has 2 aromatic carbocycles. The maximum absolute atomic E-state index is 14.7. The highest BCUT2D eigenvalue weighted by molar-refractivity contribution is 6.16. The van der Waals surface area contributed by atoms with Crippen LogP contribution in [0.4, 0.5) is 11.4 Å². The number of anilines is 2. The van der Waals surface area contributed by atoms with Gasteiger partial charge in [-0.25, -0.2) is 0 Å². The van der Waals surface area contributed by atoms with Gasteiger partial charge in [0.15, 0.2) is 5.78 Å². The maximum atomic E-state index is 14.7. The first-order valence-electron chi connectivity index (χ1n) is 14.7. The van der Waals surface area contributed by atoms with Crippen LogP contribution >= 0.6 is 0 Å². The molecule has 6 rings (SSSR count). The van der Waals surface area contributed by atoms with E-state index in [0.29, 0.717) is 18.9 Å². The minimum Gasteiger partial charge on any atom is -0.388 e. The third-order valence-corrected chi connectivity index (χ3v) is 8.52.